The van der Waals surface area contributed by atoms with E-state index in [-0.39, 0.29) is 24.2 Å². The van der Waals surface area contributed by atoms with Gasteiger partial charge in [0.05, 0.1) is 20.1 Å². The maximum absolute atomic E-state index is 12.6. The molecule has 2 heterocycles. The van der Waals surface area contributed by atoms with Crippen molar-refractivity contribution in [2.75, 3.05) is 45.3 Å². The first kappa shape index (κ1) is 20.5. The van der Waals surface area contributed by atoms with Gasteiger partial charge in [-0.15, -0.1) is 0 Å². The first-order valence-electron chi connectivity index (χ1n) is 10.1. The Labute approximate surface area is 167 Å². The number of carbonyl (C=O) groups excluding carboxylic acids is 2. The summed E-state index contributed by atoms with van der Waals surface area (Å²) in [6.45, 7) is 5.24. The SMILES string of the molecule is COc1ccc(N2CC(C(=O)NCCN3CCCCC3C)CC2=O)cc1OC. The van der Waals surface area contributed by atoms with Crippen LogP contribution in [-0.4, -0.2) is 63.2 Å². The normalized spacial score (nSPS) is 23.0. The average Bonchev–Trinajstić information content (AvgIpc) is 3.10. The Kier molecular flexibility index (Phi) is 6.78. The molecule has 2 saturated heterocycles. The topological polar surface area (TPSA) is 71.1 Å². The lowest BCUT2D eigenvalue weighted by atomic mass is 10.0. The second kappa shape index (κ2) is 9.28. The summed E-state index contributed by atoms with van der Waals surface area (Å²) in [7, 11) is 3.14. The summed E-state index contributed by atoms with van der Waals surface area (Å²) in [6.07, 6.45) is 3.99. The standard InChI is InChI=1S/C21H31N3O4/c1-15-6-4-5-10-23(15)11-9-22-21(26)16-12-20(25)24(14-16)17-7-8-18(27-2)19(13-17)28-3/h7-8,13,15-16H,4-6,9-12,14H2,1-3H3,(H,22,26). The Morgan fingerprint density at radius 3 is 2.71 bits per heavy atom. The number of methoxy groups -OCH3 is 2. The minimum atomic E-state index is -0.320. The van der Waals surface area contributed by atoms with E-state index in [0.29, 0.717) is 30.6 Å². The zero-order valence-corrected chi connectivity index (χ0v) is 17.1. The summed E-state index contributed by atoms with van der Waals surface area (Å²) in [6, 6.07) is 5.94. The minimum absolute atomic E-state index is 0.0408. The van der Waals surface area contributed by atoms with E-state index >= 15 is 0 Å². The van der Waals surface area contributed by atoms with Crippen molar-refractivity contribution in [3.8, 4) is 11.5 Å². The van der Waals surface area contributed by atoms with E-state index in [4.69, 9.17) is 9.47 Å². The molecular weight excluding hydrogens is 358 g/mol. The van der Waals surface area contributed by atoms with Crippen molar-refractivity contribution in [2.24, 2.45) is 5.92 Å². The molecule has 2 atom stereocenters. The molecule has 1 N–H and O–H groups in total. The van der Waals surface area contributed by atoms with Crippen LogP contribution in [0.4, 0.5) is 5.69 Å². The van der Waals surface area contributed by atoms with Crippen molar-refractivity contribution < 1.29 is 19.1 Å². The molecule has 7 heteroatoms. The van der Waals surface area contributed by atoms with Gasteiger partial charge < -0.3 is 19.7 Å². The summed E-state index contributed by atoms with van der Waals surface area (Å²) in [5.74, 6) is 0.771. The van der Waals surface area contributed by atoms with Gasteiger partial charge in [-0.3, -0.25) is 14.5 Å². The zero-order valence-electron chi connectivity index (χ0n) is 17.1. The van der Waals surface area contributed by atoms with Crippen LogP contribution in [0.15, 0.2) is 18.2 Å². The predicted molar refractivity (Wildman–Crippen MR) is 108 cm³/mol. The third-order valence-electron chi connectivity index (χ3n) is 5.81. The van der Waals surface area contributed by atoms with Crippen molar-refractivity contribution in [2.45, 2.75) is 38.6 Å². The van der Waals surface area contributed by atoms with E-state index in [9.17, 15) is 9.59 Å². The highest BCUT2D eigenvalue weighted by Crippen LogP contribution is 2.34. The summed E-state index contributed by atoms with van der Waals surface area (Å²) in [4.78, 5) is 29.1. The van der Waals surface area contributed by atoms with Crippen LogP contribution in [0, 0.1) is 5.92 Å². The Morgan fingerprint density at radius 2 is 2.00 bits per heavy atom. The summed E-state index contributed by atoms with van der Waals surface area (Å²) in [5, 5.41) is 3.02. The minimum Gasteiger partial charge on any atom is -0.493 e. The van der Waals surface area contributed by atoms with E-state index in [1.807, 2.05) is 6.07 Å². The Balaban J connectivity index is 1.54. The first-order chi connectivity index (χ1) is 13.5. The van der Waals surface area contributed by atoms with E-state index in [2.05, 4.69) is 17.1 Å². The smallest absolute Gasteiger partial charge is 0.227 e. The quantitative estimate of drug-likeness (QED) is 0.773. The van der Waals surface area contributed by atoms with E-state index in [1.54, 1.807) is 31.3 Å². The van der Waals surface area contributed by atoms with Crippen molar-refractivity contribution in [3.63, 3.8) is 0 Å². The monoisotopic (exact) mass is 389 g/mol. The summed E-state index contributed by atoms with van der Waals surface area (Å²) < 4.78 is 10.6. The van der Waals surface area contributed by atoms with Crippen LogP contribution in [0.2, 0.25) is 0 Å². The fourth-order valence-electron chi connectivity index (χ4n) is 4.08. The number of rotatable bonds is 7. The van der Waals surface area contributed by atoms with Crippen LogP contribution in [0.3, 0.4) is 0 Å². The van der Waals surface area contributed by atoms with Crippen molar-refractivity contribution >= 4 is 17.5 Å². The molecule has 0 spiro atoms. The number of likely N-dealkylation sites (tertiary alicyclic amines) is 1. The highest BCUT2D eigenvalue weighted by atomic mass is 16.5. The van der Waals surface area contributed by atoms with E-state index in [1.165, 1.54) is 19.3 Å². The van der Waals surface area contributed by atoms with Gasteiger partial charge in [-0.05, 0) is 38.4 Å². The molecule has 1 aromatic rings. The van der Waals surface area contributed by atoms with Crippen LogP contribution < -0.4 is 19.7 Å². The fraction of sp³-hybridized carbons (Fsp3) is 0.619. The number of anilines is 1. The third-order valence-corrected chi connectivity index (χ3v) is 5.81. The predicted octanol–water partition coefficient (Wildman–Crippen LogP) is 2.05. The number of piperidine rings is 1. The lowest BCUT2D eigenvalue weighted by molar-refractivity contribution is -0.126. The molecule has 1 aromatic carbocycles. The van der Waals surface area contributed by atoms with Gasteiger partial charge in [-0.2, -0.15) is 0 Å². The molecule has 0 radical (unpaired) electrons. The molecule has 3 rings (SSSR count). The number of ether oxygens (including phenoxy) is 2. The van der Waals surface area contributed by atoms with Gasteiger partial charge >= 0.3 is 0 Å². The number of carbonyl (C=O) groups is 2. The molecule has 2 aliphatic rings. The highest BCUT2D eigenvalue weighted by molar-refractivity contribution is 6.00. The van der Waals surface area contributed by atoms with Gasteiger partial charge in [0.2, 0.25) is 11.8 Å². The molecular formula is C21H31N3O4. The number of hydrogen-bond acceptors (Lipinski definition) is 5. The van der Waals surface area contributed by atoms with Gasteiger partial charge in [0.1, 0.15) is 0 Å². The second-order valence-corrected chi connectivity index (χ2v) is 7.62. The average molecular weight is 389 g/mol. The molecule has 0 saturated carbocycles. The summed E-state index contributed by atoms with van der Waals surface area (Å²) in [5.41, 5.74) is 0.722. The van der Waals surface area contributed by atoms with Gasteiger partial charge in [0, 0.05) is 43.9 Å². The van der Waals surface area contributed by atoms with E-state index < -0.39 is 0 Å². The Bertz CT molecular complexity index is 709. The lowest BCUT2D eigenvalue weighted by Gasteiger charge is -2.33. The molecule has 0 aromatic heterocycles. The van der Waals surface area contributed by atoms with Crippen molar-refractivity contribution in [1.82, 2.24) is 10.2 Å². The molecule has 28 heavy (non-hydrogen) atoms. The van der Waals surface area contributed by atoms with Crippen LogP contribution >= 0.6 is 0 Å². The van der Waals surface area contributed by atoms with Crippen LogP contribution in [0.1, 0.15) is 32.6 Å². The van der Waals surface area contributed by atoms with Gasteiger partial charge in [0.25, 0.3) is 0 Å². The second-order valence-electron chi connectivity index (χ2n) is 7.62. The molecule has 2 fully saturated rings. The molecule has 2 unspecified atom stereocenters. The number of benzene rings is 1. The Morgan fingerprint density at radius 1 is 1.21 bits per heavy atom. The van der Waals surface area contributed by atoms with Crippen LogP contribution in [0.25, 0.3) is 0 Å². The van der Waals surface area contributed by atoms with Gasteiger partial charge in [-0.25, -0.2) is 0 Å². The van der Waals surface area contributed by atoms with Crippen molar-refractivity contribution in [3.05, 3.63) is 18.2 Å². The molecule has 154 valence electrons. The number of nitrogens with zero attached hydrogens (tertiary/aromatic N) is 2. The van der Waals surface area contributed by atoms with Crippen molar-refractivity contribution in [1.29, 1.82) is 0 Å². The Hall–Kier alpha value is -2.28. The maximum atomic E-state index is 12.6. The zero-order chi connectivity index (χ0) is 20.1. The third kappa shape index (κ3) is 4.58. The fourth-order valence-corrected chi connectivity index (χ4v) is 4.08. The van der Waals surface area contributed by atoms with Crippen LogP contribution in [-0.2, 0) is 9.59 Å². The highest BCUT2D eigenvalue weighted by Gasteiger charge is 2.35. The molecule has 2 aliphatic heterocycles. The molecule has 7 nitrogen and oxygen atoms in total. The maximum Gasteiger partial charge on any atom is 0.227 e. The number of amides is 2. The number of nitrogens with one attached hydrogen (secondary N) is 1. The van der Waals surface area contributed by atoms with Gasteiger partial charge in [0.15, 0.2) is 11.5 Å². The number of hydrogen-bond donors (Lipinski definition) is 1. The van der Waals surface area contributed by atoms with E-state index in [0.717, 1.165) is 18.8 Å². The molecule has 0 aliphatic carbocycles. The first-order valence-corrected chi connectivity index (χ1v) is 10.1. The largest absolute Gasteiger partial charge is 0.493 e. The van der Waals surface area contributed by atoms with Gasteiger partial charge in [-0.1, -0.05) is 6.42 Å². The molecule has 0 bridgehead atoms. The summed E-state index contributed by atoms with van der Waals surface area (Å²) >= 11 is 0. The van der Waals surface area contributed by atoms with Crippen LogP contribution in [0.5, 0.6) is 11.5 Å². The molecule has 2 amide bonds. The lowest BCUT2D eigenvalue weighted by Crippen LogP contribution is -2.43.